The predicted molar refractivity (Wildman–Crippen MR) is 107 cm³/mol. The first-order valence-corrected chi connectivity index (χ1v) is 9.38. The molecule has 2 N–H and O–H groups in total. The summed E-state index contributed by atoms with van der Waals surface area (Å²) in [5, 5.41) is 8.73. The molecule has 1 amide bonds. The van der Waals surface area contributed by atoms with Gasteiger partial charge in [0.25, 0.3) is 0 Å². The third-order valence-corrected chi connectivity index (χ3v) is 5.05. The van der Waals surface area contributed by atoms with Gasteiger partial charge in [-0.2, -0.15) is 0 Å². The molecule has 1 aromatic heterocycles. The molecule has 0 fully saturated rings. The van der Waals surface area contributed by atoms with Crippen LogP contribution in [0.1, 0.15) is 16.5 Å². The van der Waals surface area contributed by atoms with Gasteiger partial charge in [0, 0.05) is 17.1 Å². The summed E-state index contributed by atoms with van der Waals surface area (Å²) in [7, 11) is 1.55. The Hall–Kier alpha value is -2.34. The maximum atomic E-state index is 12.9. The van der Waals surface area contributed by atoms with E-state index in [1.165, 1.54) is 4.88 Å². The number of methoxy groups -OCH3 is 1. The molecule has 3 rings (SSSR count). The van der Waals surface area contributed by atoms with Crippen LogP contribution < -0.4 is 15.4 Å². The Balaban J connectivity index is 1.76. The van der Waals surface area contributed by atoms with E-state index in [0.717, 1.165) is 5.56 Å². The molecule has 4 nitrogen and oxygen atoms in total. The molecule has 0 aliphatic heterocycles. The van der Waals surface area contributed by atoms with Gasteiger partial charge in [-0.05, 0) is 35.2 Å². The third kappa shape index (κ3) is 4.64. The maximum Gasteiger partial charge on any atom is 0.246 e. The molecular formula is C20H19ClN2O2S. The van der Waals surface area contributed by atoms with E-state index in [1.807, 2.05) is 47.8 Å². The first-order chi connectivity index (χ1) is 12.7. The molecular weight excluding hydrogens is 368 g/mol. The minimum Gasteiger partial charge on any atom is -0.495 e. The molecule has 0 aliphatic carbocycles. The van der Waals surface area contributed by atoms with E-state index < -0.39 is 6.04 Å². The summed E-state index contributed by atoms with van der Waals surface area (Å²) in [6.45, 7) is 0.619. The van der Waals surface area contributed by atoms with Crippen molar-refractivity contribution in [2.24, 2.45) is 0 Å². The summed E-state index contributed by atoms with van der Waals surface area (Å²) in [6, 6.07) is 18.4. The topological polar surface area (TPSA) is 50.4 Å². The lowest BCUT2D eigenvalue weighted by molar-refractivity contribution is -0.118. The number of benzene rings is 2. The van der Waals surface area contributed by atoms with Crippen LogP contribution >= 0.6 is 22.9 Å². The SMILES string of the molecule is COc1ccc(NC(=O)C(NCc2cccs2)c2ccccc2)cc1Cl. The molecule has 3 aromatic rings. The van der Waals surface area contributed by atoms with E-state index in [9.17, 15) is 4.79 Å². The second kappa shape index (κ2) is 8.85. The number of anilines is 1. The molecule has 0 bridgehead atoms. The van der Waals surface area contributed by atoms with Gasteiger partial charge >= 0.3 is 0 Å². The molecule has 6 heteroatoms. The normalized spacial score (nSPS) is 11.8. The van der Waals surface area contributed by atoms with Crippen LogP contribution in [0.15, 0.2) is 66.0 Å². The number of rotatable bonds is 7. The van der Waals surface area contributed by atoms with Crippen molar-refractivity contribution in [3.63, 3.8) is 0 Å². The molecule has 134 valence electrons. The molecule has 0 spiro atoms. The van der Waals surface area contributed by atoms with Gasteiger partial charge in [-0.25, -0.2) is 0 Å². The zero-order chi connectivity index (χ0) is 18.4. The van der Waals surface area contributed by atoms with Crippen LogP contribution in [0.3, 0.4) is 0 Å². The molecule has 2 aromatic carbocycles. The monoisotopic (exact) mass is 386 g/mol. The number of ether oxygens (including phenoxy) is 1. The lowest BCUT2D eigenvalue weighted by Gasteiger charge is -2.19. The predicted octanol–water partition coefficient (Wildman–Crippen LogP) is 4.88. The highest BCUT2D eigenvalue weighted by molar-refractivity contribution is 7.09. The Morgan fingerprint density at radius 3 is 2.62 bits per heavy atom. The summed E-state index contributed by atoms with van der Waals surface area (Å²) < 4.78 is 5.15. The first-order valence-electron chi connectivity index (χ1n) is 8.12. The second-order valence-electron chi connectivity index (χ2n) is 5.64. The fourth-order valence-electron chi connectivity index (χ4n) is 2.58. The fraction of sp³-hybridized carbons (Fsp3) is 0.150. The number of nitrogens with one attached hydrogen (secondary N) is 2. The third-order valence-electron chi connectivity index (χ3n) is 3.87. The van der Waals surface area contributed by atoms with Gasteiger partial charge in [-0.15, -0.1) is 11.3 Å². The summed E-state index contributed by atoms with van der Waals surface area (Å²) in [6.07, 6.45) is 0. The van der Waals surface area contributed by atoms with Crippen LogP contribution in [-0.4, -0.2) is 13.0 Å². The van der Waals surface area contributed by atoms with Gasteiger partial charge in [-0.1, -0.05) is 48.0 Å². The largest absolute Gasteiger partial charge is 0.495 e. The van der Waals surface area contributed by atoms with Crippen LogP contribution in [0, 0.1) is 0 Å². The van der Waals surface area contributed by atoms with E-state index in [2.05, 4.69) is 10.6 Å². The van der Waals surface area contributed by atoms with E-state index in [4.69, 9.17) is 16.3 Å². The number of thiophene rings is 1. The fourth-order valence-corrected chi connectivity index (χ4v) is 3.50. The van der Waals surface area contributed by atoms with Crippen molar-refractivity contribution in [1.29, 1.82) is 0 Å². The lowest BCUT2D eigenvalue weighted by atomic mass is 10.1. The van der Waals surface area contributed by atoms with E-state index in [0.29, 0.717) is 23.0 Å². The minimum atomic E-state index is -0.473. The Morgan fingerprint density at radius 1 is 1.15 bits per heavy atom. The van der Waals surface area contributed by atoms with Gasteiger partial charge < -0.3 is 10.1 Å². The highest BCUT2D eigenvalue weighted by atomic mass is 35.5. The Bertz CT molecular complexity index is 854. The molecule has 1 heterocycles. The average Bonchev–Trinajstić information content (AvgIpc) is 3.16. The molecule has 0 saturated heterocycles. The maximum absolute atomic E-state index is 12.9. The van der Waals surface area contributed by atoms with Crippen LogP contribution in [0.2, 0.25) is 5.02 Å². The number of amides is 1. The summed E-state index contributed by atoms with van der Waals surface area (Å²) in [4.78, 5) is 14.1. The van der Waals surface area contributed by atoms with Crippen LogP contribution in [0.4, 0.5) is 5.69 Å². The Morgan fingerprint density at radius 2 is 1.96 bits per heavy atom. The molecule has 0 aliphatic rings. The van der Waals surface area contributed by atoms with Gasteiger partial charge in [-0.3, -0.25) is 10.1 Å². The summed E-state index contributed by atoms with van der Waals surface area (Å²) in [5.74, 6) is 0.425. The number of carbonyl (C=O) groups is 1. The summed E-state index contributed by atoms with van der Waals surface area (Å²) in [5.41, 5.74) is 1.53. The van der Waals surface area contributed by atoms with E-state index >= 15 is 0 Å². The smallest absolute Gasteiger partial charge is 0.246 e. The standard InChI is InChI=1S/C20H19ClN2O2S/c1-25-18-10-9-15(12-17(18)21)23-20(24)19(14-6-3-2-4-7-14)22-13-16-8-5-11-26-16/h2-12,19,22H,13H2,1H3,(H,23,24). The average molecular weight is 387 g/mol. The van der Waals surface area contributed by atoms with Crippen molar-refractivity contribution in [1.82, 2.24) is 5.32 Å². The number of hydrogen-bond donors (Lipinski definition) is 2. The molecule has 0 saturated carbocycles. The van der Waals surface area contributed by atoms with Crippen LogP contribution in [0.5, 0.6) is 5.75 Å². The van der Waals surface area contributed by atoms with Crippen molar-refractivity contribution in [2.75, 3.05) is 12.4 Å². The van der Waals surface area contributed by atoms with Crippen molar-refractivity contribution in [3.05, 3.63) is 81.5 Å². The zero-order valence-electron chi connectivity index (χ0n) is 14.2. The minimum absolute atomic E-state index is 0.144. The number of hydrogen-bond acceptors (Lipinski definition) is 4. The van der Waals surface area contributed by atoms with Crippen LogP contribution in [0.25, 0.3) is 0 Å². The molecule has 1 unspecified atom stereocenters. The molecule has 0 radical (unpaired) electrons. The number of carbonyl (C=O) groups excluding carboxylic acids is 1. The molecule has 1 atom stereocenters. The van der Waals surface area contributed by atoms with Crippen molar-refractivity contribution in [3.8, 4) is 5.75 Å². The van der Waals surface area contributed by atoms with Crippen molar-refractivity contribution < 1.29 is 9.53 Å². The van der Waals surface area contributed by atoms with Crippen LogP contribution in [-0.2, 0) is 11.3 Å². The highest BCUT2D eigenvalue weighted by Crippen LogP contribution is 2.28. The summed E-state index contributed by atoms with van der Waals surface area (Å²) >= 11 is 7.80. The highest BCUT2D eigenvalue weighted by Gasteiger charge is 2.20. The first kappa shape index (κ1) is 18.5. The lowest BCUT2D eigenvalue weighted by Crippen LogP contribution is -2.32. The number of halogens is 1. The van der Waals surface area contributed by atoms with Gasteiger partial charge in [0.05, 0.1) is 12.1 Å². The zero-order valence-corrected chi connectivity index (χ0v) is 15.8. The van der Waals surface area contributed by atoms with E-state index in [-0.39, 0.29) is 5.91 Å². The quantitative estimate of drug-likeness (QED) is 0.608. The second-order valence-corrected chi connectivity index (χ2v) is 7.08. The Kier molecular flexibility index (Phi) is 6.28. The van der Waals surface area contributed by atoms with Gasteiger partial charge in [0.1, 0.15) is 11.8 Å². The Labute approximate surface area is 161 Å². The molecule has 26 heavy (non-hydrogen) atoms. The van der Waals surface area contributed by atoms with Gasteiger partial charge in [0.2, 0.25) is 5.91 Å². The van der Waals surface area contributed by atoms with Crippen molar-refractivity contribution >= 4 is 34.5 Å². The van der Waals surface area contributed by atoms with Crippen molar-refractivity contribution in [2.45, 2.75) is 12.6 Å². The van der Waals surface area contributed by atoms with E-state index in [1.54, 1.807) is 36.6 Å². The van der Waals surface area contributed by atoms with Gasteiger partial charge in [0.15, 0.2) is 0 Å².